The molecule has 96 valence electrons. The summed E-state index contributed by atoms with van der Waals surface area (Å²) in [7, 11) is 0. The summed E-state index contributed by atoms with van der Waals surface area (Å²) in [6.07, 6.45) is 3.02. The Morgan fingerprint density at radius 3 is 2.94 bits per heavy atom. The molecule has 1 N–H and O–H groups in total. The zero-order chi connectivity index (χ0) is 13.0. The van der Waals surface area contributed by atoms with E-state index in [1.807, 2.05) is 6.92 Å². The molecule has 2 rings (SSSR count). The van der Waals surface area contributed by atoms with Gasteiger partial charge in [0.1, 0.15) is 5.75 Å². The summed E-state index contributed by atoms with van der Waals surface area (Å²) in [5.41, 5.74) is 2.22. The molecule has 5 nitrogen and oxygen atoms in total. The predicted octanol–water partition coefficient (Wildman–Crippen LogP) is 2.37. The van der Waals surface area contributed by atoms with E-state index in [-0.39, 0.29) is 5.69 Å². The topological polar surface area (TPSA) is 64.4 Å². The number of nitro benzene ring substituents is 1. The van der Waals surface area contributed by atoms with Crippen LogP contribution in [-0.2, 0) is 0 Å². The van der Waals surface area contributed by atoms with Crippen molar-refractivity contribution in [3.05, 3.63) is 40.0 Å². The number of rotatable bonds is 4. The van der Waals surface area contributed by atoms with Crippen LogP contribution in [0.3, 0.4) is 0 Å². The van der Waals surface area contributed by atoms with Crippen LogP contribution in [0.25, 0.3) is 5.57 Å². The normalized spacial score (nSPS) is 15.1. The number of ether oxygens (including phenoxy) is 1. The van der Waals surface area contributed by atoms with Gasteiger partial charge in [0.2, 0.25) is 0 Å². The average molecular weight is 248 g/mol. The number of hydrogen-bond acceptors (Lipinski definition) is 4. The van der Waals surface area contributed by atoms with Crippen molar-refractivity contribution in [2.45, 2.75) is 13.3 Å². The Balaban J connectivity index is 2.39. The molecule has 0 amide bonds. The first-order valence-corrected chi connectivity index (χ1v) is 6.03. The van der Waals surface area contributed by atoms with Crippen molar-refractivity contribution in [3.8, 4) is 5.75 Å². The first kappa shape index (κ1) is 12.6. The molecule has 1 aliphatic heterocycles. The number of nitrogens with one attached hydrogen (secondary N) is 1. The second-order valence-corrected chi connectivity index (χ2v) is 4.05. The summed E-state index contributed by atoms with van der Waals surface area (Å²) in [6, 6.07) is 4.81. The van der Waals surface area contributed by atoms with Crippen LogP contribution in [-0.4, -0.2) is 24.6 Å². The van der Waals surface area contributed by atoms with Crippen LogP contribution in [0, 0.1) is 10.1 Å². The Kier molecular flexibility index (Phi) is 3.94. The molecule has 0 spiro atoms. The zero-order valence-corrected chi connectivity index (χ0v) is 10.3. The molecular formula is C13H16N2O3. The maximum atomic E-state index is 10.8. The minimum Gasteiger partial charge on any atom is -0.493 e. The van der Waals surface area contributed by atoms with E-state index in [1.165, 1.54) is 17.7 Å². The molecular weight excluding hydrogens is 232 g/mol. The standard InChI is InChI=1S/C13H16N2O3/c1-2-18-13-9-11(15(16)17)3-4-12(13)10-5-7-14-8-6-10/h3-5,9,14H,2,6-8H2,1H3. The lowest BCUT2D eigenvalue weighted by atomic mass is 9.99. The van der Waals surface area contributed by atoms with Gasteiger partial charge in [-0.3, -0.25) is 10.1 Å². The third kappa shape index (κ3) is 2.68. The fraction of sp³-hybridized carbons (Fsp3) is 0.385. The van der Waals surface area contributed by atoms with Gasteiger partial charge in [0.05, 0.1) is 17.6 Å². The number of benzene rings is 1. The Morgan fingerprint density at radius 1 is 1.50 bits per heavy atom. The minimum atomic E-state index is -0.400. The first-order valence-electron chi connectivity index (χ1n) is 6.03. The third-order valence-corrected chi connectivity index (χ3v) is 2.89. The number of nitro groups is 1. The summed E-state index contributed by atoms with van der Waals surface area (Å²) >= 11 is 0. The Hall–Kier alpha value is -1.88. The summed E-state index contributed by atoms with van der Waals surface area (Å²) in [6.45, 7) is 4.13. The van der Waals surface area contributed by atoms with Crippen LogP contribution in [0.4, 0.5) is 5.69 Å². The number of nitrogens with zero attached hydrogens (tertiary/aromatic N) is 1. The van der Waals surface area contributed by atoms with Gasteiger partial charge in [0, 0.05) is 18.2 Å². The van der Waals surface area contributed by atoms with Gasteiger partial charge in [-0.05, 0) is 31.5 Å². The highest BCUT2D eigenvalue weighted by Gasteiger charge is 2.15. The maximum absolute atomic E-state index is 10.8. The largest absolute Gasteiger partial charge is 0.493 e. The second-order valence-electron chi connectivity index (χ2n) is 4.05. The molecule has 18 heavy (non-hydrogen) atoms. The summed E-state index contributed by atoms with van der Waals surface area (Å²) < 4.78 is 5.52. The van der Waals surface area contributed by atoms with E-state index in [2.05, 4.69) is 11.4 Å². The molecule has 0 aliphatic carbocycles. The molecule has 1 heterocycles. The van der Waals surface area contributed by atoms with Crippen LogP contribution in [0.5, 0.6) is 5.75 Å². The lowest BCUT2D eigenvalue weighted by Gasteiger charge is -2.17. The maximum Gasteiger partial charge on any atom is 0.273 e. The van der Waals surface area contributed by atoms with Gasteiger partial charge in [-0.1, -0.05) is 6.08 Å². The molecule has 0 bridgehead atoms. The lowest BCUT2D eigenvalue weighted by molar-refractivity contribution is -0.384. The van der Waals surface area contributed by atoms with Crippen molar-refractivity contribution in [3.63, 3.8) is 0 Å². The second kappa shape index (κ2) is 5.64. The molecule has 0 atom stereocenters. The van der Waals surface area contributed by atoms with Crippen LogP contribution < -0.4 is 10.1 Å². The fourth-order valence-electron chi connectivity index (χ4n) is 2.03. The fourth-order valence-corrected chi connectivity index (χ4v) is 2.03. The van der Waals surface area contributed by atoms with Crippen molar-refractivity contribution >= 4 is 11.3 Å². The van der Waals surface area contributed by atoms with Crippen LogP contribution >= 0.6 is 0 Å². The quantitative estimate of drug-likeness (QED) is 0.656. The van der Waals surface area contributed by atoms with Gasteiger partial charge >= 0.3 is 0 Å². The predicted molar refractivity (Wildman–Crippen MR) is 69.7 cm³/mol. The highest BCUT2D eigenvalue weighted by molar-refractivity contribution is 5.72. The smallest absolute Gasteiger partial charge is 0.273 e. The Morgan fingerprint density at radius 2 is 2.33 bits per heavy atom. The van der Waals surface area contributed by atoms with Crippen molar-refractivity contribution in [2.75, 3.05) is 19.7 Å². The molecule has 0 aromatic heterocycles. The molecule has 0 radical (unpaired) electrons. The van der Waals surface area contributed by atoms with Gasteiger partial charge < -0.3 is 10.1 Å². The first-order chi connectivity index (χ1) is 8.72. The third-order valence-electron chi connectivity index (χ3n) is 2.89. The molecule has 0 unspecified atom stereocenters. The molecule has 1 aromatic carbocycles. The van der Waals surface area contributed by atoms with E-state index in [9.17, 15) is 10.1 Å². The van der Waals surface area contributed by atoms with Crippen molar-refractivity contribution < 1.29 is 9.66 Å². The molecule has 0 saturated heterocycles. The van der Waals surface area contributed by atoms with Gasteiger partial charge in [-0.15, -0.1) is 0 Å². The minimum absolute atomic E-state index is 0.0664. The molecule has 0 saturated carbocycles. The van der Waals surface area contributed by atoms with E-state index < -0.39 is 4.92 Å². The number of non-ortho nitro benzene ring substituents is 1. The van der Waals surface area contributed by atoms with E-state index in [0.29, 0.717) is 12.4 Å². The molecule has 1 aromatic rings. The van der Waals surface area contributed by atoms with Gasteiger partial charge in [-0.25, -0.2) is 0 Å². The van der Waals surface area contributed by atoms with Crippen molar-refractivity contribution in [1.29, 1.82) is 0 Å². The van der Waals surface area contributed by atoms with Gasteiger partial charge in [0.15, 0.2) is 0 Å². The van der Waals surface area contributed by atoms with Crippen LogP contribution in [0.2, 0.25) is 0 Å². The van der Waals surface area contributed by atoms with E-state index in [4.69, 9.17) is 4.74 Å². The Labute approximate surface area is 106 Å². The van der Waals surface area contributed by atoms with Crippen LogP contribution in [0.15, 0.2) is 24.3 Å². The van der Waals surface area contributed by atoms with Gasteiger partial charge in [0.25, 0.3) is 5.69 Å². The van der Waals surface area contributed by atoms with Crippen molar-refractivity contribution in [1.82, 2.24) is 5.32 Å². The molecule has 5 heteroatoms. The summed E-state index contributed by atoms with van der Waals surface area (Å²) in [4.78, 5) is 10.4. The average Bonchev–Trinajstić information content (AvgIpc) is 2.40. The molecule has 0 fully saturated rings. The summed E-state index contributed by atoms with van der Waals surface area (Å²) in [5.74, 6) is 0.597. The van der Waals surface area contributed by atoms with E-state index in [1.54, 1.807) is 6.07 Å². The van der Waals surface area contributed by atoms with Crippen LogP contribution in [0.1, 0.15) is 18.9 Å². The van der Waals surface area contributed by atoms with Crippen molar-refractivity contribution in [2.24, 2.45) is 0 Å². The van der Waals surface area contributed by atoms with Gasteiger partial charge in [-0.2, -0.15) is 0 Å². The SMILES string of the molecule is CCOc1cc([N+](=O)[O-])ccc1C1=CCNCC1. The van der Waals surface area contributed by atoms with E-state index in [0.717, 1.165) is 25.1 Å². The summed E-state index contributed by atoms with van der Waals surface area (Å²) in [5, 5.41) is 14.0. The lowest BCUT2D eigenvalue weighted by Crippen LogP contribution is -2.20. The molecule has 1 aliphatic rings. The zero-order valence-electron chi connectivity index (χ0n) is 10.3. The highest BCUT2D eigenvalue weighted by atomic mass is 16.6. The van der Waals surface area contributed by atoms with E-state index >= 15 is 0 Å². The monoisotopic (exact) mass is 248 g/mol. The number of hydrogen-bond donors (Lipinski definition) is 1. The highest BCUT2D eigenvalue weighted by Crippen LogP contribution is 2.32. The Bertz CT molecular complexity index is 483.